The summed E-state index contributed by atoms with van der Waals surface area (Å²) in [5.41, 5.74) is 1.98. The number of halogens is 2. The van der Waals surface area contributed by atoms with Crippen LogP contribution in [0, 0.1) is 0 Å². The van der Waals surface area contributed by atoms with Gasteiger partial charge in [0.15, 0.2) is 17.5 Å². The Morgan fingerprint density at radius 3 is 2.33 bits per heavy atom. The number of pyridine rings is 1. The lowest BCUT2D eigenvalue weighted by Crippen LogP contribution is -2.37. The van der Waals surface area contributed by atoms with E-state index < -0.39 is 0 Å². The Balaban J connectivity index is 0.00000364. The van der Waals surface area contributed by atoms with Crippen LogP contribution in [-0.4, -0.2) is 43.9 Å². The maximum absolute atomic E-state index is 9.96. The molecule has 1 aromatic heterocycles. The van der Waals surface area contributed by atoms with Crippen molar-refractivity contribution in [2.75, 3.05) is 27.8 Å². The zero-order valence-electron chi connectivity index (χ0n) is 15.5. The van der Waals surface area contributed by atoms with Crippen molar-refractivity contribution in [3.8, 4) is 17.2 Å². The predicted octanol–water partition coefficient (Wildman–Crippen LogP) is 2.98. The zero-order chi connectivity index (χ0) is 18.9. The molecular formula is C18H24ClIN4O3. The highest BCUT2D eigenvalue weighted by molar-refractivity contribution is 14.0. The van der Waals surface area contributed by atoms with Crippen LogP contribution in [0.15, 0.2) is 35.5 Å². The summed E-state index contributed by atoms with van der Waals surface area (Å²) in [4.78, 5) is 8.26. The van der Waals surface area contributed by atoms with E-state index in [0.29, 0.717) is 35.7 Å². The number of hydrogen-bond acceptors (Lipinski definition) is 5. The number of benzene rings is 1. The molecule has 0 aliphatic heterocycles. The van der Waals surface area contributed by atoms with E-state index >= 15 is 0 Å². The molecule has 0 amide bonds. The minimum atomic E-state index is -0.0159. The standard InChI is InChI=1S/C18H23ClN4O3.HI/c1-20-18(21-7-6-12-4-5-16(19)22-10-12)23-11-13-8-14(25-2)17(24)15(9-13)26-3;/h4-5,8-10,24H,6-7,11H2,1-3H3,(H2,20,21,23);1H. The van der Waals surface area contributed by atoms with E-state index in [9.17, 15) is 5.11 Å². The van der Waals surface area contributed by atoms with Crippen molar-refractivity contribution in [3.05, 3.63) is 46.7 Å². The van der Waals surface area contributed by atoms with Gasteiger partial charge in [-0.25, -0.2) is 4.98 Å². The van der Waals surface area contributed by atoms with E-state index in [4.69, 9.17) is 21.1 Å². The van der Waals surface area contributed by atoms with Gasteiger partial charge in [-0.05, 0) is 35.7 Å². The maximum Gasteiger partial charge on any atom is 0.200 e. The number of methoxy groups -OCH3 is 2. The first-order valence-electron chi connectivity index (χ1n) is 8.06. The third-order valence-corrected chi connectivity index (χ3v) is 3.94. The first-order valence-corrected chi connectivity index (χ1v) is 8.44. The predicted molar refractivity (Wildman–Crippen MR) is 118 cm³/mol. The van der Waals surface area contributed by atoms with Crippen molar-refractivity contribution in [1.29, 1.82) is 0 Å². The lowest BCUT2D eigenvalue weighted by molar-refractivity contribution is 0.339. The molecule has 7 nitrogen and oxygen atoms in total. The Bertz CT molecular complexity index is 732. The Kier molecular flexibility index (Phi) is 10.0. The lowest BCUT2D eigenvalue weighted by atomic mass is 10.2. The number of aromatic nitrogens is 1. The molecule has 1 heterocycles. The minimum Gasteiger partial charge on any atom is -0.502 e. The Morgan fingerprint density at radius 1 is 1.15 bits per heavy atom. The maximum atomic E-state index is 9.96. The molecule has 148 valence electrons. The summed E-state index contributed by atoms with van der Waals surface area (Å²) in [6, 6.07) is 7.22. The van der Waals surface area contributed by atoms with Crippen LogP contribution in [0.1, 0.15) is 11.1 Å². The molecule has 0 aliphatic carbocycles. The topological polar surface area (TPSA) is 88.0 Å². The molecule has 2 rings (SSSR count). The second-order valence-corrected chi connectivity index (χ2v) is 5.83. The third kappa shape index (κ3) is 6.94. The fourth-order valence-corrected chi connectivity index (χ4v) is 2.45. The monoisotopic (exact) mass is 506 g/mol. The molecule has 0 radical (unpaired) electrons. The van der Waals surface area contributed by atoms with Crippen molar-refractivity contribution in [3.63, 3.8) is 0 Å². The van der Waals surface area contributed by atoms with Crippen LogP contribution in [0.3, 0.4) is 0 Å². The van der Waals surface area contributed by atoms with E-state index in [1.54, 1.807) is 31.4 Å². The molecular weight excluding hydrogens is 483 g/mol. The molecule has 0 aliphatic rings. The summed E-state index contributed by atoms with van der Waals surface area (Å²) in [5.74, 6) is 1.37. The van der Waals surface area contributed by atoms with Gasteiger partial charge in [0.05, 0.1) is 14.2 Å². The number of aliphatic imine (C=N–C) groups is 1. The van der Waals surface area contributed by atoms with Crippen molar-refractivity contribution < 1.29 is 14.6 Å². The van der Waals surface area contributed by atoms with Crippen LogP contribution < -0.4 is 20.1 Å². The third-order valence-electron chi connectivity index (χ3n) is 3.72. The van der Waals surface area contributed by atoms with Gasteiger partial charge in [-0.15, -0.1) is 24.0 Å². The second kappa shape index (κ2) is 11.7. The quantitative estimate of drug-likeness (QED) is 0.232. The smallest absolute Gasteiger partial charge is 0.200 e. The van der Waals surface area contributed by atoms with Crippen molar-refractivity contribution in [2.45, 2.75) is 13.0 Å². The number of phenols is 1. The van der Waals surface area contributed by atoms with Crippen molar-refractivity contribution in [1.82, 2.24) is 15.6 Å². The number of phenolic OH excluding ortho intramolecular Hbond substituents is 1. The number of nitrogens with one attached hydrogen (secondary N) is 2. The Hall–Kier alpha value is -1.94. The van der Waals surface area contributed by atoms with Gasteiger partial charge in [0.1, 0.15) is 5.15 Å². The van der Waals surface area contributed by atoms with Crippen LogP contribution in [0.25, 0.3) is 0 Å². The number of aromatic hydroxyl groups is 1. The van der Waals surface area contributed by atoms with E-state index in [1.165, 1.54) is 14.2 Å². The molecule has 27 heavy (non-hydrogen) atoms. The lowest BCUT2D eigenvalue weighted by Gasteiger charge is -2.14. The minimum absolute atomic E-state index is 0. The first kappa shape index (κ1) is 23.1. The fraction of sp³-hybridized carbons (Fsp3) is 0.333. The van der Waals surface area contributed by atoms with Gasteiger partial charge in [0.25, 0.3) is 0 Å². The number of guanidine groups is 1. The molecule has 0 unspecified atom stereocenters. The molecule has 1 aromatic carbocycles. The highest BCUT2D eigenvalue weighted by Gasteiger charge is 2.11. The largest absolute Gasteiger partial charge is 0.502 e. The molecule has 0 fully saturated rings. The molecule has 0 spiro atoms. The summed E-state index contributed by atoms with van der Waals surface area (Å²) in [6.07, 6.45) is 2.56. The van der Waals surface area contributed by atoms with Crippen LogP contribution in [0.4, 0.5) is 0 Å². The van der Waals surface area contributed by atoms with Crippen LogP contribution in [0.2, 0.25) is 5.15 Å². The molecule has 9 heteroatoms. The molecule has 0 saturated carbocycles. The zero-order valence-corrected chi connectivity index (χ0v) is 18.5. The van der Waals surface area contributed by atoms with Crippen molar-refractivity contribution in [2.24, 2.45) is 4.99 Å². The van der Waals surface area contributed by atoms with E-state index in [1.807, 2.05) is 6.07 Å². The molecule has 2 aromatic rings. The number of ether oxygens (including phenoxy) is 2. The highest BCUT2D eigenvalue weighted by atomic mass is 127. The highest BCUT2D eigenvalue weighted by Crippen LogP contribution is 2.36. The van der Waals surface area contributed by atoms with Gasteiger partial charge < -0.3 is 25.2 Å². The van der Waals surface area contributed by atoms with Gasteiger partial charge in [-0.3, -0.25) is 4.99 Å². The van der Waals surface area contributed by atoms with Gasteiger partial charge in [-0.1, -0.05) is 17.7 Å². The SMILES string of the molecule is CN=C(NCCc1ccc(Cl)nc1)NCc1cc(OC)c(O)c(OC)c1.I. The van der Waals surface area contributed by atoms with Gasteiger partial charge in [-0.2, -0.15) is 0 Å². The molecule has 0 saturated heterocycles. The Labute approximate surface area is 181 Å². The van der Waals surface area contributed by atoms with Crippen LogP contribution >= 0.6 is 35.6 Å². The van der Waals surface area contributed by atoms with E-state index in [0.717, 1.165) is 17.5 Å². The van der Waals surface area contributed by atoms with Gasteiger partial charge in [0.2, 0.25) is 5.75 Å². The van der Waals surface area contributed by atoms with Gasteiger partial charge in [0, 0.05) is 26.3 Å². The molecule has 3 N–H and O–H groups in total. The van der Waals surface area contributed by atoms with Crippen LogP contribution in [0.5, 0.6) is 17.2 Å². The number of nitrogens with zero attached hydrogens (tertiary/aromatic N) is 2. The second-order valence-electron chi connectivity index (χ2n) is 5.44. The number of rotatable bonds is 7. The summed E-state index contributed by atoms with van der Waals surface area (Å²) in [7, 11) is 4.70. The summed E-state index contributed by atoms with van der Waals surface area (Å²) in [6.45, 7) is 1.19. The average molecular weight is 507 g/mol. The Morgan fingerprint density at radius 2 is 1.81 bits per heavy atom. The normalized spacial score (nSPS) is 10.7. The fourth-order valence-electron chi connectivity index (χ4n) is 2.34. The molecule has 0 atom stereocenters. The van der Waals surface area contributed by atoms with E-state index in [-0.39, 0.29) is 29.7 Å². The van der Waals surface area contributed by atoms with Crippen LogP contribution in [-0.2, 0) is 13.0 Å². The average Bonchev–Trinajstić information content (AvgIpc) is 2.66. The van der Waals surface area contributed by atoms with E-state index in [2.05, 4.69) is 20.6 Å². The summed E-state index contributed by atoms with van der Waals surface area (Å²) in [5, 5.41) is 16.9. The summed E-state index contributed by atoms with van der Waals surface area (Å²) < 4.78 is 10.3. The molecule has 0 bridgehead atoms. The number of hydrogen-bond donors (Lipinski definition) is 3. The first-order chi connectivity index (χ1) is 12.6. The van der Waals surface area contributed by atoms with Crippen molar-refractivity contribution >= 4 is 41.5 Å². The van der Waals surface area contributed by atoms with Gasteiger partial charge >= 0.3 is 0 Å². The summed E-state index contributed by atoms with van der Waals surface area (Å²) >= 11 is 5.78.